The van der Waals surface area contributed by atoms with Gasteiger partial charge in [-0.3, -0.25) is 0 Å². The zero-order chi connectivity index (χ0) is 8.55. The van der Waals surface area contributed by atoms with Crippen molar-refractivity contribution in [3.05, 3.63) is 20.3 Å². The lowest BCUT2D eigenvalue weighted by atomic mass is 10.2. The van der Waals surface area contributed by atoms with Gasteiger partial charge in [-0.15, -0.1) is 11.3 Å². The summed E-state index contributed by atoms with van der Waals surface area (Å²) in [4.78, 5) is 3.40. The second kappa shape index (κ2) is 3.52. The molecule has 1 nitrogen and oxygen atoms in total. The van der Waals surface area contributed by atoms with Crippen molar-refractivity contribution < 1.29 is 0 Å². The van der Waals surface area contributed by atoms with E-state index in [0.717, 1.165) is 25.9 Å². The third-order valence-electron chi connectivity index (χ3n) is 2.16. The molecule has 0 saturated carbocycles. The second-order valence-electron chi connectivity index (χ2n) is 3.03. The molecule has 1 aliphatic heterocycles. The number of fused-ring (bicyclic) bond motifs is 1. The molecule has 62 valence electrons. The standard InChI is InChI=1S/C8H9BBrNS/c9-11-3-1-6-5-8(10)12-7(6)2-4-11/h5H,1-4H2. The average Bonchev–Trinajstić information content (AvgIpc) is 2.31. The molecule has 1 aliphatic rings. The molecule has 0 fully saturated rings. The molecule has 2 radical (unpaired) electrons. The van der Waals surface area contributed by atoms with Crippen molar-refractivity contribution in [2.45, 2.75) is 12.8 Å². The number of hydrogen-bond acceptors (Lipinski definition) is 2. The summed E-state index contributed by atoms with van der Waals surface area (Å²) in [6, 6.07) is 2.22. The number of nitrogens with zero attached hydrogens (tertiary/aromatic N) is 1. The fourth-order valence-corrected chi connectivity index (χ4v) is 3.26. The highest BCUT2D eigenvalue weighted by atomic mass is 79.9. The van der Waals surface area contributed by atoms with Gasteiger partial charge < -0.3 is 4.81 Å². The van der Waals surface area contributed by atoms with Gasteiger partial charge >= 0.3 is 0 Å². The Morgan fingerprint density at radius 1 is 1.42 bits per heavy atom. The van der Waals surface area contributed by atoms with Crippen LogP contribution in [0.5, 0.6) is 0 Å². The highest BCUT2D eigenvalue weighted by molar-refractivity contribution is 9.11. The molecule has 0 aromatic carbocycles. The summed E-state index contributed by atoms with van der Waals surface area (Å²) >= 11 is 5.35. The molecule has 0 aliphatic carbocycles. The van der Waals surface area contributed by atoms with Gasteiger partial charge in [0.2, 0.25) is 0 Å². The van der Waals surface area contributed by atoms with Crippen LogP contribution in [-0.2, 0) is 12.8 Å². The predicted molar refractivity (Wildman–Crippen MR) is 56.8 cm³/mol. The van der Waals surface area contributed by atoms with E-state index < -0.39 is 0 Å². The van der Waals surface area contributed by atoms with Crippen LogP contribution in [0.4, 0.5) is 0 Å². The van der Waals surface area contributed by atoms with E-state index in [1.54, 1.807) is 0 Å². The number of halogens is 1. The van der Waals surface area contributed by atoms with E-state index in [4.69, 9.17) is 7.98 Å². The maximum atomic E-state index is 5.74. The summed E-state index contributed by atoms with van der Waals surface area (Å²) in [7, 11) is 5.74. The second-order valence-corrected chi connectivity index (χ2v) is 5.55. The Bertz CT molecular complexity index is 261. The highest BCUT2D eigenvalue weighted by Crippen LogP contribution is 2.29. The summed E-state index contributed by atoms with van der Waals surface area (Å²) in [5, 5.41) is 0. The van der Waals surface area contributed by atoms with Crippen molar-refractivity contribution in [2.24, 2.45) is 0 Å². The molecule has 2 heterocycles. The van der Waals surface area contributed by atoms with Crippen LogP contribution in [0.2, 0.25) is 0 Å². The van der Waals surface area contributed by atoms with Gasteiger partial charge in [-0.25, -0.2) is 0 Å². The van der Waals surface area contributed by atoms with Crippen molar-refractivity contribution in [3.8, 4) is 0 Å². The SMILES string of the molecule is [B]N1CCc2cc(Br)sc2CC1. The van der Waals surface area contributed by atoms with E-state index in [-0.39, 0.29) is 0 Å². The molecule has 12 heavy (non-hydrogen) atoms. The van der Waals surface area contributed by atoms with Crippen LogP contribution in [0.3, 0.4) is 0 Å². The van der Waals surface area contributed by atoms with Crippen LogP contribution < -0.4 is 0 Å². The van der Waals surface area contributed by atoms with Crippen LogP contribution in [0.15, 0.2) is 9.85 Å². The van der Waals surface area contributed by atoms with E-state index in [9.17, 15) is 0 Å². The van der Waals surface area contributed by atoms with Gasteiger partial charge in [0.25, 0.3) is 0 Å². The fourth-order valence-electron chi connectivity index (χ4n) is 1.47. The Kier molecular flexibility index (Phi) is 2.58. The number of hydrogen-bond donors (Lipinski definition) is 0. The first-order chi connectivity index (χ1) is 5.75. The van der Waals surface area contributed by atoms with Crippen LogP contribution in [0.25, 0.3) is 0 Å². The molecule has 0 spiro atoms. The average molecular weight is 242 g/mol. The maximum Gasteiger partial charge on any atom is 0.182 e. The Hall–Kier alpha value is 0.205. The molecule has 0 N–H and O–H groups in total. The van der Waals surface area contributed by atoms with Gasteiger partial charge in [0.1, 0.15) is 0 Å². The largest absolute Gasteiger partial charge is 0.353 e. The molecular weight excluding hydrogens is 233 g/mol. The van der Waals surface area contributed by atoms with Crippen LogP contribution in [-0.4, -0.2) is 25.9 Å². The van der Waals surface area contributed by atoms with Gasteiger partial charge in [0.05, 0.1) is 3.79 Å². The van der Waals surface area contributed by atoms with E-state index in [1.165, 1.54) is 14.2 Å². The first-order valence-electron chi connectivity index (χ1n) is 4.02. The minimum absolute atomic E-state index is 0.982. The van der Waals surface area contributed by atoms with E-state index in [1.807, 2.05) is 16.1 Å². The molecule has 1 aromatic rings. The van der Waals surface area contributed by atoms with E-state index >= 15 is 0 Å². The Balaban J connectivity index is 2.24. The Labute approximate surface area is 86.3 Å². The third-order valence-corrected chi connectivity index (χ3v) is 3.90. The number of thiophene rings is 1. The summed E-state index contributed by atoms with van der Waals surface area (Å²) in [6.45, 7) is 1.97. The quantitative estimate of drug-likeness (QED) is 0.629. The summed E-state index contributed by atoms with van der Waals surface area (Å²) in [5.74, 6) is 0. The minimum atomic E-state index is 0.982. The van der Waals surface area contributed by atoms with Gasteiger partial charge in [0, 0.05) is 4.88 Å². The molecule has 2 rings (SSSR count). The van der Waals surface area contributed by atoms with Crippen molar-refractivity contribution in [1.82, 2.24) is 4.81 Å². The van der Waals surface area contributed by atoms with Gasteiger partial charge in [-0.2, -0.15) is 0 Å². The van der Waals surface area contributed by atoms with E-state index in [2.05, 4.69) is 22.0 Å². The zero-order valence-electron chi connectivity index (χ0n) is 6.72. The molecule has 4 heteroatoms. The highest BCUT2D eigenvalue weighted by Gasteiger charge is 2.12. The lowest BCUT2D eigenvalue weighted by molar-refractivity contribution is 0.476. The summed E-state index contributed by atoms with van der Waals surface area (Å²) in [5.41, 5.74) is 1.47. The smallest absolute Gasteiger partial charge is 0.182 e. The van der Waals surface area contributed by atoms with Gasteiger partial charge in [-0.05, 0) is 53.5 Å². The molecule has 1 aromatic heterocycles. The lowest BCUT2D eigenvalue weighted by Crippen LogP contribution is -2.22. The van der Waals surface area contributed by atoms with Gasteiger partial charge in [0.15, 0.2) is 7.98 Å². The third kappa shape index (κ3) is 1.75. The summed E-state index contributed by atoms with van der Waals surface area (Å²) < 4.78 is 1.25. The molecule has 0 bridgehead atoms. The molecule has 0 atom stereocenters. The Morgan fingerprint density at radius 2 is 2.17 bits per heavy atom. The predicted octanol–water partition coefficient (Wildman–Crippen LogP) is 1.99. The monoisotopic (exact) mass is 241 g/mol. The van der Waals surface area contributed by atoms with Gasteiger partial charge in [-0.1, -0.05) is 0 Å². The minimum Gasteiger partial charge on any atom is -0.353 e. The Morgan fingerprint density at radius 3 is 3.00 bits per heavy atom. The molecule has 0 unspecified atom stereocenters. The van der Waals surface area contributed by atoms with Crippen molar-refractivity contribution >= 4 is 35.2 Å². The topological polar surface area (TPSA) is 3.24 Å². The van der Waals surface area contributed by atoms with Crippen molar-refractivity contribution in [2.75, 3.05) is 13.1 Å². The molecule has 0 saturated heterocycles. The molecular formula is C8H9BBrNS. The molecule has 0 amide bonds. The van der Waals surface area contributed by atoms with Crippen molar-refractivity contribution in [1.29, 1.82) is 0 Å². The normalized spacial score (nSPS) is 18.8. The first kappa shape index (κ1) is 8.79. The van der Waals surface area contributed by atoms with Crippen molar-refractivity contribution in [3.63, 3.8) is 0 Å². The summed E-state index contributed by atoms with van der Waals surface area (Å²) in [6.07, 6.45) is 2.19. The fraction of sp³-hybridized carbons (Fsp3) is 0.500. The zero-order valence-corrected chi connectivity index (χ0v) is 9.12. The maximum absolute atomic E-state index is 5.74. The lowest BCUT2D eigenvalue weighted by Gasteiger charge is -2.11. The number of rotatable bonds is 0. The van der Waals surface area contributed by atoms with Crippen LogP contribution >= 0.6 is 27.3 Å². The first-order valence-corrected chi connectivity index (χ1v) is 5.63. The van der Waals surface area contributed by atoms with Crippen LogP contribution in [0.1, 0.15) is 10.4 Å². The van der Waals surface area contributed by atoms with Crippen LogP contribution in [0, 0.1) is 0 Å². The van der Waals surface area contributed by atoms with E-state index in [0.29, 0.717) is 0 Å².